The Bertz CT molecular complexity index is 517. The third kappa shape index (κ3) is 2.08. The molecule has 5 heteroatoms. The van der Waals surface area contributed by atoms with Gasteiger partial charge in [0.15, 0.2) is 0 Å². The molecule has 0 radical (unpaired) electrons. The van der Waals surface area contributed by atoms with Gasteiger partial charge < -0.3 is 15.0 Å². The van der Waals surface area contributed by atoms with Gasteiger partial charge in [-0.1, -0.05) is 30.3 Å². The zero-order valence-corrected chi connectivity index (χ0v) is 11.4. The molecule has 3 atom stereocenters. The third-order valence-corrected chi connectivity index (χ3v) is 4.19. The van der Waals surface area contributed by atoms with Crippen LogP contribution in [0, 0.1) is 5.92 Å². The summed E-state index contributed by atoms with van der Waals surface area (Å²) in [7, 11) is 1.40. The van der Waals surface area contributed by atoms with Crippen LogP contribution < -0.4 is 5.32 Å². The first-order chi connectivity index (χ1) is 9.72. The molecule has 1 N–H and O–H groups in total. The lowest BCUT2D eigenvalue weighted by atomic mass is 9.93. The molecule has 0 unspecified atom stereocenters. The van der Waals surface area contributed by atoms with Crippen molar-refractivity contribution >= 4 is 11.9 Å². The van der Waals surface area contributed by atoms with E-state index in [1.807, 2.05) is 35.2 Å². The molecule has 2 fully saturated rings. The number of amides is 1. The Morgan fingerprint density at radius 2 is 2.10 bits per heavy atom. The fraction of sp³-hybridized carbons (Fsp3) is 0.467. The van der Waals surface area contributed by atoms with Gasteiger partial charge >= 0.3 is 5.97 Å². The standard InChI is InChI=1S/C15H18N2O3/c1-20-15(19)12-7-11-8-16-9-13(18)17(11)14(12)10-5-3-2-4-6-10/h2-6,11-12,14,16H,7-9H2,1H3/t11-,12-,14-/m0/s1. The highest BCUT2D eigenvalue weighted by molar-refractivity contribution is 5.83. The number of carbonyl (C=O) groups is 2. The predicted octanol–water partition coefficient (Wildman–Crippen LogP) is 0.721. The van der Waals surface area contributed by atoms with Crippen molar-refractivity contribution in [2.45, 2.75) is 18.5 Å². The van der Waals surface area contributed by atoms with Crippen LogP contribution in [0.3, 0.4) is 0 Å². The molecule has 0 aliphatic carbocycles. The van der Waals surface area contributed by atoms with Crippen LogP contribution in [0.2, 0.25) is 0 Å². The van der Waals surface area contributed by atoms with Crippen molar-refractivity contribution in [1.82, 2.24) is 10.2 Å². The number of rotatable bonds is 2. The van der Waals surface area contributed by atoms with Crippen molar-refractivity contribution in [3.8, 4) is 0 Å². The second kappa shape index (κ2) is 5.25. The number of methoxy groups -OCH3 is 1. The molecule has 1 aromatic carbocycles. The summed E-state index contributed by atoms with van der Waals surface area (Å²) in [5.74, 6) is -0.459. The number of benzene rings is 1. The maximum Gasteiger partial charge on any atom is 0.311 e. The smallest absolute Gasteiger partial charge is 0.311 e. The van der Waals surface area contributed by atoms with Crippen LogP contribution in [0.25, 0.3) is 0 Å². The average Bonchev–Trinajstić information content (AvgIpc) is 2.88. The second-order valence-electron chi connectivity index (χ2n) is 5.31. The second-order valence-corrected chi connectivity index (χ2v) is 5.31. The number of ether oxygens (including phenoxy) is 1. The van der Waals surface area contributed by atoms with Crippen LogP contribution in [-0.4, -0.2) is 43.0 Å². The lowest BCUT2D eigenvalue weighted by molar-refractivity contribution is -0.147. The first-order valence-electron chi connectivity index (χ1n) is 6.87. The predicted molar refractivity (Wildman–Crippen MR) is 72.8 cm³/mol. The van der Waals surface area contributed by atoms with Gasteiger partial charge in [0.1, 0.15) is 0 Å². The summed E-state index contributed by atoms with van der Waals surface area (Å²) < 4.78 is 4.93. The molecule has 5 nitrogen and oxygen atoms in total. The lowest BCUT2D eigenvalue weighted by Gasteiger charge is -2.35. The molecule has 20 heavy (non-hydrogen) atoms. The van der Waals surface area contributed by atoms with E-state index < -0.39 is 0 Å². The average molecular weight is 274 g/mol. The minimum Gasteiger partial charge on any atom is -0.469 e. The summed E-state index contributed by atoms with van der Waals surface area (Å²) in [5, 5.41) is 3.11. The highest BCUT2D eigenvalue weighted by Gasteiger charge is 2.49. The summed E-state index contributed by atoms with van der Waals surface area (Å²) in [5.41, 5.74) is 1.00. The Morgan fingerprint density at radius 1 is 1.35 bits per heavy atom. The molecule has 1 amide bonds. The molecule has 0 spiro atoms. The Kier molecular flexibility index (Phi) is 3.44. The number of hydrogen-bond donors (Lipinski definition) is 1. The fourth-order valence-corrected chi connectivity index (χ4v) is 3.35. The maximum absolute atomic E-state index is 12.2. The van der Waals surface area contributed by atoms with Crippen LogP contribution >= 0.6 is 0 Å². The monoisotopic (exact) mass is 274 g/mol. The molecule has 0 aromatic heterocycles. The molecule has 2 aliphatic heterocycles. The van der Waals surface area contributed by atoms with E-state index >= 15 is 0 Å². The lowest BCUT2D eigenvalue weighted by Crippen LogP contribution is -2.52. The number of fused-ring (bicyclic) bond motifs is 1. The number of nitrogens with one attached hydrogen (secondary N) is 1. The highest BCUT2D eigenvalue weighted by atomic mass is 16.5. The first kappa shape index (κ1) is 13.1. The summed E-state index contributed by atoms with van der Waals surface area (Å²) in [6.45, 7) is 1.08. The normalized spacial score (nSPS) is 29.1. The zero-order chi connectivity index (χ0) is 14.1. The van der Waals surface area contributed by atoms with E-state index in [-0.39, 0.29) is 29.9 Å². The van der Waals surface area contributed by atoms with Crippen molar-refractivity contribution in [1.29, 1.82) is 0 Å². The number of nitrogens with zero attached hydrogens (tertiary/aromatic N) is 1. The molecule has 0 saturated carbocycles. The largest absolute Gasteiger partial charge is 0.469 e. The van der Waals surface area contributed by atoms with Crippen LogP contribution in [0.5, 0.6) is 0 Å². The van der Waals surface area contributed by atoms with Crippen molar-refractivity contribution < 1.29 is 14.3 Å². The summed E-state index contributed by atoms with van der Waals surface area (Å²) in [6.07, 6.45) is 0.658. The van der Waals surface area contributed by atoms with Crippen LogP contribution in [0.15, 0.2) is 30.3 Å². The van der Waals surface area contributed by atoms with E-state index in [0.29, 0.717) is 13.0 Å². The minimum atomic E-state index is -0.281. The molecule has 0 bridgehead atoms. The van der Waals surface area contributed by atoms with E-state index in [1.165, 1.54) is 7.11 Å². The maximum atomic E-state index is 12.2. The van der Waals surface area contributed by atoms with E-state index in [9.17, 15) is 9.59 Å². The van der Waals surface area contributed by atoms with E-state index in [4.69, 9.17) is 4.74 Å². The van der Waals surface area contributed by atoms with E-state index in [0.717, 1.165) is 12.1 Å². The summed E-state index contributed by atoms with van der Waals surface area (Å²) >= 11 is 0. The number of carbonyl (C=O) groups excluding carboxylic acids is 2. The van der Waals surface area contributed by atoms with Gasteiger partial charge in [-0.15, -0.1) is 0 Å². The Morgan fingerprint density at radius 3 is 2.80 bits per heavy atom. The van der Waals surface area contributed by atoms with E-state index in [1.54, 1.807) is 0 Å². The number of hydrogen-bond acceptors (Lipinski definition) is 4. The summed E-state index contributed by atoms with van der Waals surface area (Å²) in [6, 6.07) is 9.61. The number of piperazine rings is 1. The zero-order valence-electron chi connectivity index (χ0n) is 11.4. The first-order valence-corrected chi connectivity index (χ1v) is 6.87. The minimum absolute atomic E-state index is 0.0570. The summed E-state index contributed by atoms with van der Waals surface area (Å²) in [4.78, 5) is 26.2. The van der Waals surface area contributed by atoms with Crippen molar-refractivity contribution in [2.75, 3.05) is 20.2 Å². The van der Waals surface area contributed by atoms with Gasteiger partial charge in [-0.3, -0.25) is 9.59 Å². The van der Waals surface area contributed by atoms with Gasteiger partial charge in [0.05, 0.1) is 25.6 Å². The van der Waals surface area contributed by atoms with Crippen LogP contribution in [-0.2, 0) is 14.3 Å². The molecule has 2 heterocycles. The third-order valence-electron chi connectivity index (χ3n) is 4.19. The molecular weight excluding hydrogens is 256 g/mol. The van der Waals surface area contributed by atoms with Crippen molar-refractivity contribution in [3.63, 3.8) is 0 Å². The van der Waals surface area contributed by atoms with Crippen LogP contribution in [0.4, 0.5) is 0 Å². The fourth-order valence-electron chi connectivity index (χ4n) is 3.35. The van der Waals surface area contributed by atoms with E-state index in [2.05, 4.69) is 5.32 Å². The SMILES string of the molecule is COC(=O)[C@H]1C[C@H]2CNCC(=O)N2[C@H]1c1ccccc1. The van der Waals surface area contributed by atoms with Crippen LogP contribution in [0.1, 0.15) is 18.0 Å². The van der Waals surface area contributed by atoms with Gasteiger partial charge in [-0.05, 0) is 12.0 Å². The molecule has 2 aliphatic rings. The molecule has 2 saturated heterocycles. The van der Waals surface area contributed by atoms with Gasteiger partial charge in [-0.25, -0.2) is 0 Å². The van der Waals surface area contributed by atoms with Crippen molar-refractivity contribution in [2.24, 2.45) is 5.92 Å². The number of esters is 1. The topological polar surface area (TPSA) is 58.6 Å². The molecule has 3 rings (SSSR count). The molecule has 106 valence electrons. The molecular formula is C15H18N2O3. The van der Waals surface area contributed by atoms with Gasteiger partial charge in [0.2, 0.25) is 5.91 Å². The highest BCUT2D eigenvalue weighted by Crippen LogP contribution is 2.42. The quantitative estimate of drug-likeness (QED) is 0.807. The van der Waals surface area contributed by atoms with Gasteiger partial charge in [0, 0.05) is 12.6 Å². The van der Waals surface area contributed by atoms with Gasteiger partial charge in [0.25, 0.3) is 0 Å². The Balaban J connectivity index is 1.99. The molecule has 1 aromatic rings. The van der Waals surface area contributed by atoms with Gasteiger partial charge in [-0.2, -0.15) is 0 Å². The Hall–Kier alpha value is -1.88. The van der Waals surface area contributed by atoms with Crippen molar-refractivity contribution in [3.05, 3.63) is 35.9 Å². The Labute approximate surface area is 117 Å².